The second-order valence-corrected chi connectivity index (χ2v) is 8.41. The molecule has 6 heteroatoms. The monoisotopic (exact) mass is 472 g/mol. The van der Waals surface area contributed by atoms with Gasteiger partial charge in [0.2, 0.25) is 0 Å². The van der Waals surface area contributed by atoms with Gasteiger partial charge >= 0.3 is 6.09 Å². The lowest BCUT2D eigenvalue weighted by Gasteiger charge is -2.20. The van der Waals surface area contributed by atoms with E-state index in [1.165, 1.54) is 11.1 Å². The zero-order valence-electron chi connectivity index (χ0n) is 21.0. The Labute approximate surface area is 206 Å². The molecule has 0 spiro atoms. The van der Waals surface area contributed by atoms with E-state index in [9.17, 15) is 4.79 Å². The summed E-state index contributed by atoms with van der Waals surface area (Å²) in [6, 6.07) is 20.2. The van der Waals surface area contributed by atoms with Crippen molar-refractivity contribution in [3.05, 3.63) is 78.0 Å². The Morgan fingerprint density at radius 1 is 0.886 bits per heavy atom. The van der Waals surface area contributed by atoms with Crippen LogP contribution in [0, 0.1) is 6.92 Å². The van der Waals surface area contributed by atoms with E-state index in [0.717, 1.165) is 28.6 Å². The van der Waals surface area contributed by atoms with E-state index in [1.807, 2.05) is 44.2 Å². The number of methoxy groups -OCH3 is 2. The van der Waals surface area contributed by atoms with Crippen molar-refractivity contribution in [1.29, 1.82) is 0 Å². The van der Waals surface area contributed by atoms with Crippen molar-refractivity contribution in [2.75, 3.05) is 27.3 Å². The predicted molar refractivity (Wildman–Crippen MR) is 140 cm³/mol. The molecule has 1 amide bonds. The van der Waals surface area contributed by atoms with E-state index in [2.05, 4.69) is 48.0 Å². The van der Waals surface area contributed by atoms with Gasteiger partial charge in [0.05, 0.1) is 14.2 Å². The van der Waals surface area contributed by atoms with Crippen molar-refractivity contribution in [2.24, 2.45) is 0 Å². The third-order valence-corrected chi connectivity index (χ3v) is 6.24. The highest BCUT2D eigenvalue weighted by Gasteiger charge is 2.20. The number of carbonyl (C=O) groups is 1. The van der Waals surface area contributed by atoms with Crippen molar-refractivity contribution < 1.29 is 19.0 Å². The molecule has 6 nitrogen and oxygen atoms in total. The van der Waals surface area contributed by atoms with Crippen LogP contribution in [-0.2, 0) is 6.54 Å². The number of amides is 1. The maximum Gasteiger partial charge on any atom is 0.415 e. The van der Waals surface area contributed by atoms with E-state index in [1.54, 1.807) is 19.1 Å². The first kappa shape index (κ1) is 24.2. The molecule has 3 aromatic carbocycles. The predicted octanol–water partition coefficient (Wildman–Crippen LogP) is 6.52. The molecule has 0 N–H and O–H groups in total. The third kappa shape index (κ3) is 4.97. The van der Waals surface area contributed by atoms with Gasteiger partial charge < -0.3 is 23.7 Å². The number of aryl methyl sites for hydroxylation is 1. The molecule has 182 valence electrons. The number of carbonyl (C=O) groups excluding carboxylic acids is 1. The van der Waals surface area contributed by atoms with Gasteiger partial charge in [-0.05, 0) is 62.2 Å². The number of hydrogen-bond acceptors (Lipinski definition) is 4. The molecule has 0 aliphatic carbocycles. The Morgan fingerprint density at radius 3 is 2.31 bits per heavy atom. The minimum Gasteiger partial charge on any atom is -0.493 e. The second-order valence-electron chi connectivity index (χ2n) is 8.41. The summed E-state index contributed by atoms with van der Waals surface area (Å²) < 4.78 is 19.1. The summed E-state index contributed by atoms with van der Waals surface area (Å²) in [5, 5.41) is 0.995. The summed E-state index contributed by atoms with van der Waals surface area (Å²) in [5.74, 6) is 1.76. The van der Waals surface area contributed by atoms with Gasteiger partial charge in [-0.1, -0.05) is 35.9 Å². The van der Waals surface area contributed by atoms with E-state index >= 15 is 0 Å². The number of rotatable bonds is 8. The van der Waals surface area contributed by atoms with Crippen LogP contribution in [0.15, 0.2) is 66.9 Å². The molecular weight excluding hydrogens is 440 g/mol. The molecule has 0 bridgehead atoms. The van der Waals surface area contributed by atoms with Crippen LogP contribution in [0.3, 0.4) is 0 Å². The lowest BCUT2D eigenvalue weighted by atomic mass is 10.00. The zero-order chi connectivity index (χ0) is 24.9. The van der Waals surface area contributed by atoms with E-state index in [-0.39, 0.29) is 6.09 Å². The molecule has 1 heterocycles. The van der Waals surface area contributed by atoms with E-state index in [4.69, 9.17) is 14.2 Å². The van der Waals surface area contributed by atoms with Crippen molar-refractivity contribution in [2.45, 2.75) is 27.3 Å². The third-order valence-electron chi connectivity index (χ3n) is 6.24. The first-order valence-electron chi connectivity index (χ1n) is 11.9. The van der Waals surface area contributed by atoms with Crippen LogP contribution in [0.25, 0.3) is 22.0 Å². The Hall–Kier alpha value is -3.93. The Bertz CT molecular complexity index is 1340. The lowest BCUT2D eigenvalue weighted by Crippen LogP contribution is -2.33. The molecule has 0 fully saturated rings. The van der Waals surface area contributed by atoms with Gasteiger partial charge in [-0.3, -0.25) is 0 Å². The highest BCUT2D eigenvalue weighted by molar-refractivity contribution is 6.00. The number of nitrogens with zero attached hydrogens (tertiary/aromatic N) is 2. The smallest absolute Gasteiger partial charge is 0.415 e. The van der Waals surface area contributed by atoms with E-state index in [0.29, 0.717) is 30.3 Å². The topological polar surface area (TPSA) is 52.9 Å². The summed E-state index contributed by atoms with van der Waals surface area (Å²) >= 11 is 0. The molecule has 0 saturated carbocycles. The fourth-order valence-corrected chi connectivity index (χ4v) is 4.41. The fourth-order valence-electron chi connectivity index (χ4n) is 4.41. The van der Waals surface area contributed by atoms with Gasteiger partial charge in [0, 0.05) is 42.3 Å². The lowest BCUT2D eigenvalue weighted by molar-refractivity contribution is 0.157. The number of benzene rings is 3. The number of hydrogen-bond donors (Lipinski definition) is 0. The van der Waals surface area contributed by atoms with Crippen LogP contribution in [0.4, 0.5) is 4.79 Å². The maximum atomic E-state index is 12.8. The van der Waals surface area contributed by atoms with Crippen molar-refractivity contribution in [3.63, 3.8) is 0 Å². The first-order chi connectivity index (χ1) is 17.0. The Balaban J connectivity index is 1.85. The maximum absolute atomic E-state index is 12.8. The van der Waals surface area contributed by atoms with Crippen LogP contribution in [0.5, 0.6) is 17.2 Å². The second kappa shape index (κ2) is 10.6. The van der Waals surface area contributed by atoms with Gasteiger partial charge in [-0.25, -0.2) is 4.79 Å². The first-order valence-corrected chi connectivity index (χ1v) is 11.9. The van der Waals surface area contributed by atoms with Gasteiger partial charge in [0.15, 0.2) is 11.5 Å². The molecule has 4 aromatic rings. The summed E-state index contributed by atoms with van der Waals surface area (Å²) in [7, 11) is 3.22. The van der Waals surface area contributed by atoms with Gasteiger partial charge in [0.25, 0.3) is 0 Å². The number of fused-ring (bicyclic) bond motifs is 1. The summed E-state index contributed by atoms with van der Waals surface area (Å²) in [5.41, 5.74) is 5.23. The van der Waals surface area contributed by atoms with Crippen LogP contribution in [0.2, 0.25) is 0 Å². The fraction of sp³-hybridized carbons (Fsp3) is 0.276. The van der Waals surface area contributed by atoms with Crippen molar-refractivity contribution in [1.82, 2.24) is 9.47 Å². The van der Waals surface area contributed by atoms with E-state index < -0.39 is 0 Å². The highest BCUT2D eigenvalue weighted by atomic mass is 16.6. The Morgan fingerprint density at radius 2 is 1.63 bits per heavy atom. The quantitative estimate of drug-likeness (QED) is 0.293. The standard InChI is InChI=1S/C29H32N2O4/c1-6-30(7-2)29(32)35-26-14-12-24-23(15-16-31(24)19-21-10-8-9-20(3)17-21)28(26)22-11-13-25(33-4)27(18-22)34-5/h8-18H,6-7,19H2,1-5H3. The molecule has 1 aromatic heterocycles. The molecule has 0 radical (unpaired) electrons. The molecule has 0 saturated heterocycles. The number of aromatic nitrogens is 1. The molecule has 0 unspecified atom stereocenters. The van der Waals surface area contributed by atoms with Gasteiger partial charge in [-0.15, -0.1) is 0 Å². The average Bonchev–Trinajstić information content (AvgIpc) is 3.26. The average molecular weight is 473 g/mol. The van der Waals surface area contributed by atoms with Crippen LogP contribution >= 0.6 is 0 Å². The molecular formula is C29H32N2O4. The van der Waals surface area contributed by atoms with Crippen molar-refractivity contribution >= 4 is 17.0 Å². The van der Waals surface area contributed by atoms with Gasteiger partial charge in [-0.2, -0.15) is 0 Å². The molecule has 4 rings (SSSR count). The summed E-state index contributed by atoms with van der Waals surface area (Å²) in [6.45, 7) is 7.88. The SMILES string of the molecule is CCN(CC)C(=O)Oc1ccc2c(ccn2Cc2cccc(C)c2)c1-c1ccc(OC)c(OC)c1. The highest BCUT2D eigenvalue weighted by Crippen LogP contribution is 2.41. The molecule has 0 aliphatic heterocycles. The van der Waals surface area contributed by atoms with Crippen LogP contribution < -0.4 is 14.2 Å². The van der Waals surface area contributed by atoms with Crippen molar-refractivity contribution in [3.8, 4) is 28.4 Å². The van der Waals surface area contributed by atoms with Crippen LogP contribution in [0.1, 0.15) is 25.0 Å². The number of ether oxygens (including phenoxy) is 3. The minimum atomic E-state index is -0.365. The largest absolute Gasteiger partial charge is 0.493 e. The zero-order valence-corrected chi connectivity index (χ0v) is 21.0. The molecule has 0 aliphatic rings. The summed E-state index contributed by atoms with van der Waals surface area (Å²) in [4.78, 5) is 14.5. The summed E-state index contributed by atoms with van der Waals surface area (Å²) in [6.07, 6.45) is 1.71. The normalized spacial score (nSPS) is 10.9. The minimum absolute atomic E-state index is 0.365. The van der Waals surface area contributed by atoms with Crippen LogP contribution in [-0.4, -0.2) is 42.9 Å². The Kier molecular flexibility index (Phi) is 7.30. The van der Waals surface area contributed by atoms with Gasteiger partial charge in [0.1, 0.15) is 5.75 Å². The molecule has 0 atom stereocenters. The molecule has 35 heavy (non-hydrogen) atoms.